The maximum absolute atomic E-state index is 12.4. The molecule has 0 atom stereocenters. The lowest BCUT2D eigenvalue weighted by atomic mass is 10.1. The summed E-state index contributed by atoms with van der Waals surface area (Å²) >= 11 is 3.38. The molecule has 0 saturated heterocycles. The molecule has 0 spiro atoms. The third kappa shape index (κ3) is 4.24. The summed E-state index contributed by atoms with van der Waals surface area (Å²) in [5.74, 6) is 0.715. The molecule has 0 unspecified atom stereocenters. The summed E-state index contributed by atoms with van der Waals surface area (Å²) in [4.78, 5) is 12.4. The molecular formula is C18H16BrN3O3. The van der Waals surface area contributed by atoms with Crippen LogP contribution in [-0.2, 0) is 0 Å². The molecule has 1 N–H and O–H groups in total. The lowest BCUT2D eigenvalue weighted by Crippen LogP contribution is -2.12. The summed E-state index contributed by atoms with van der Waals surface area (Å²) in [6, 6.07) is 14.4. The highest BCUT2D eigenvalue weighted by molar-refractivity contribution is 9.10. The lowest BCUT2D eigenvalue weighted by Gasteiger charge is -2.06. The maximum Gasteiger partial charge on any atom is 0.256 e. The molecule has 3 rings (SSSR count). The Morgan fingerprint density at radius 1 is 1.12 bits per heavy atom. The van der Waals surface area contributed by atoms with Crippen molar-refractivity contribution < 1.29 is 14.2 Å². The molecule has 1 heterocycles. The Balaban J connectivity index is 1.73. The van der Waals surface area contributed by atoms with Gasteiger partial charge in [-0.15, -0.1) is 0 Å². The molecule has 0 fully saturated rings. The van der Waals surface area contributed by atoms with Crippen LogP contribution in [0.15, 0.2) is 57.6 Å². The van der Waals surface area contributed by atoms with Crippen molar-refractivity contribution in [2.75, 3.05) is 11.9 Å². The fourth-order valence-electron chi connectivity index (χ4n) is 2.17. The van der Waals surface area contributed by atoms with Crippen molar-refractivity contribution in [3.63, 3.8) is 0 Å². The molecule has 1 aromatic heterocycles. The summed E-state index contributed by atoms with van der Waals surface area (Å²) in [6.07, 6.45) is 0.931. The molecule has 0 aliphatic rings. The predicted octanol–water partition coefficient (Wildman–Crippen LogP) is 4.54. The van der Waals surface area contributed by atoms with Gasteiger partial charge >= 0.3 is 0 Å². The fourth-order valence-corrected chi connectivity index (χ4v) is 2.43. The van der Waals surface area contributed by atoms with E-state index in [-0.39, 0.29) is 11.7 Å². The van der Waals surface area contributed by atoms with Crippen LogP contribution in [0.4, 0.5) is 5.82 Å². The number of ether oxygens (including phenoxy) is 1. The number of anilines is 1. The zero-order chi connectivity index (χ0) is 17.6. The van der Waals surface area contributed by atoms with E-state index in [1.165, 1.54) is 0 Å². The maximum atomic E-state index is 12.4. The Labute approximate surface area is 153 Å². The molecule has 0 saturated carbocycles. The molecule has 0 bridgehead atoms. The zero-order valence-electron chi connectivity index (χ0n) is 13.5. The Morgan fingerprint density at radius 2 is 1.84 bits per heavy atom. The quantitative estimate of drug-likeness (QED) is 0.655. The highest BCUT2D eigenvalue weighted by Crippen LogP contribution is 2.26. The van der Waals surface area contributed by atoms with E-state index >= 15 is 0 Å². The highest BCUT2D eigenvalue weighted by Gasteiger charge is 2.16. The van der Waals surface area contributed by atoms with Crippen molar-refractivity contribution in [2.45, 2.75) is 13.3 Å². The summed E-state index contributed by atoms with van der Waals surface area (Å²) in [6.45, 7) is 2.68. The molecule has 25 heavy (non-hydrogen) atoms. The van der Waals surface area contributed by atoms with Crippen LogP contribution in [0.1, 0.15) is 23.7 Å². The van der Waals surface area contributed by atoms with E-state index in [2.05, 4.69) is 31.6 Å². The molecular weight excluding hydrogens is 386 g/mol. The summed E-state index contributed by atoms with van der Waals surface area (Å²) in [5.41, 5.74) is 1.76. The van der Waals surface area contributed by atoms with Crippen LogP contribution in [0.2, 0.25) is 0 Å². The van der Waals surface area contributed by atoms with Crippen LogP contribution >= 0.6 is 15.9 Å². The standard InChI is InChI=1S/C18H16BrN3O3/c1-2-11-24-15-9-5-13(6-10-15)18(23)20-17-16(21-25-22-17)12-3-7-14(19)8-4-12/h3-10H,2,11H2,1H3,(H,20,22,23). The van der Waals surface area contributed by atoms with Crippen LogP contribution in [0, 0.1) is 0 Å². The molecule has 7 heteroatoms. The minimum Gasteiger partial charge on any atom is -0.494 e. The second-order valence-corrected chi connectivity index (χ2v) is 6.21. The number of halogens is 1. The summed E-state index contributed by atoms with van der Waals surface area (Å²) < 4.78 is 11.2. The number of carbonyl (C=O) groups is 1. The average Bonchev–Trinajstić information content (AvgIpc) is 3.09. The van der Waals surface area contributed by atoms with E-state index in [0.717, 1.165) is 22.2 Å². The minimum absolute atomic E-state index is 0.277. The van der Waals surface area contributed by atoms with Crippen LogP contribution in [0.5, 0.6) is 5.75 Å². The zero-order valence-corrected chi connectivity index (χ0v) is 15.1. The Morgan fingerprint density at radius 3 is 2.52 bits per heavy atom. The molecule has 2 aromatic carbocycles. The van der Waals surface area contributed by atoms with E-state index in [1.807, 2.05) is 31.2 Å². The van der Waals surface area contributed by atoms with Gasteiger partial charge in [0.2, 0.25) is 5.82 Å². The minimum atomic E-state index is -0.295. The molecule has 0 radical (unpaired) electrons. The van der Waals surface area contributed by atoms with Crippen molar-refractivity contribution in [2.24, 2.45) is 0 Å². The van der Waals surface area contributed by atoms with Crippen LogP contribution in [0.25, 0.3) is 11.3 Å². The number of benzene rings is 2. The van der Waals surface area contributed by atoms with Crippen molar-refractivity contribution in [3.05, 3.63) is 58.6 Å². The van der Waals surface area contributed by atoms with Gasteiger partial charge in [0.15, 0.2) is 5.69 Å². The first kappa shape index (κ1) is 17.2. The number of hydrogen-bond acceptors (Lipinski definition) is 5. The first-order chi connectivity index (χ1) is 12.2. The van der Waals surface area contributed by atoms with E-state index in [9.17, 15) is 4.79 Å². The van der Waals surface area contributed by atoms with E-state index in [0.29, 0.717) is 17.9 Å². The van der Waals surface area contributed by atoms with Crippen LogP contribution < -0.4 is 10.1 Å². The van der Waals surface area contributed by atoms with E-state index in [1.54, 1.807) is 24.3 Å². The number of nitrogens with one attached hydrogen (secondary N) is 1. The number of hydrogen-bond donors (Lipinski definition) is 1. The Bertz CT molecular complexity index is 845. The van der Waals surface area contributed by atoms with Crippen molar-refractivity contribution in [1.82, 2.24) is 10.3 Å². The molecule has 6 nitrogen and oxygen atoms in total. The van der Waals surface area contributed by atoms with Crippen molar-refractivity contribution in [3.8, 4) is 17.0 Å². The topological polar surface area (TPSA) is 77.2 Å². The lowest BCUT2D eigenvalue weighted by molar-refractivity contribution is 0.102. The van der Waals surface area contributed by atoms with Crippen LogP contribution in [0.3, 0.4) is 0 Å². The molecule has 1 amide bonds. The third-order valence-corrected chi connectivity index (χ3v) is 3.96. The van der Waals surface area contributed by atoms with Gasteiger partial charge in [-0.05, 0) is 53.1 Å². The van der Waals surface area contributed by atoms with Gasteiger partial charge < -0.3 is 10.1 Å². The molecule has 128 valence electrons. The monoisotopic (exact) mass is 401 g/mol. The average molecular weight is 402 g/mol. The fraction of sp³-hybridized carbons (Fsp3) is 0.167. The SMILES string of the molecule is CCCOc1ccc(C(=O)Nc2nonc2-c2ccc(Br)cc2)cc1. The van der Waals surface area contributed by atoms with Gasteiger partial charge in [-0.1, -0.05) is 35.0 Å². The predicted molar refractivity (Wildman–Crippen MR) is 97.6 cm³/mol. The molecule has 3 aromatic rings. The largest absolute Gasteiger partial charge is 0.494 e. The second-order valence-electron chi connectivity index (χ2n) is 5.30. The van der Waals surface area contributed by atoms with Crippen molar-refractivity contribution >= 4 is 27.7 Å². The van der Waals surface area contributed by atoms with Gasteiger partial charge in [-0.3, -0.25) is 4.79 Å². The first-order valence-electron chi connectivity index (χ1n) is 7.80. The third-order valence-electron chi connectivity index (χ3n) is 3.43. The normalized spacial score (nSPS) is 10.5. The molecule has 0 aliphatic carbocycles. The Hall–Kier alpha value is -2.67. The van der Waals surface area contributed by atoms with Gasteiger partial charge in [0.05, 0.1) is 6.61 Å². The smallest absolute Gasteiger partial charge is 0.256 e. The van der Waals surface area contributed by atoms with Gasteiger partial charge in [-0.25, -0.2) is 4.63 Å². The molecule has 0 aliphatic heterocycles. The summed E-state index contributed by atoms with van der Waals surface area (Å²) in [7, 11) is 0. The summed E-state index contributed by atoms with van der Waals surface area (Å²) in [5, 5.41) is 10.4. The van der Waals surface area contributed by atoms with Gasteiger partial charge in [0.25, 0.3) is 5.91 Å². The second kappa shape index (κ2) is 7.94. The van der Waals surface area contributed by atoms with E-state index in [4.69, 9.17) is 9.37 Å². The van der Waals surface area contributed by atoms with Gasteiger partial charge in [-0.2, -0.15) is 0 Å². The number of amides is 1. The van der Waals surface area contributed by atoms with Crippen LogP contribution in [-0.4, -0.2) is 22.8 Å². The number of aromatic nitrogens is 2. The number of nitrogens with zero attached hydrogens (tertiary/aromatic N) is 2. The van der Waals surface area contributed by atoms with Crippen molar-refractivity contribution in [1.29, 1.82) is 0 Å². The highest BCUT2D eigenvalue weighted by atomic mass is 79.9. The van der Waals surface area contributed by atoms with Gasteiger partial charge in [0.1, 0.15) is 5.75 Å². The number of carbonyl (C=O) groups excluding carboxylic acids is 1. The number of rotatable bonds is 6. The van der Waals surface area contributed by atoms with Gasteiger partial charge in [0, 0.05) is 15.6 Å². The first-order valence-corrected chi connectivity index (χ1v) is 8.59. The van der Waals surface area contributed by atoms with E-state index < -0.39 is 0 Å². The Kier molecular flexibility index (Phi) is 5.45.